The van der Waals surface area contributed by atoms with Crippen molar-refractivity contribution in [3.8, 4) is 11.3 Å². The van der Waals surface area contributed by atoms with Crippen LogP contribution in [0.4, 0.5) is 0 Å². The number of nitrogens with zero attached hydrogens (tertiary/aromatic N) is 4. The second-order valence-electron chi connectivity index (χ2n) is 7.74. The lowest BCUT2D eigenvalue weighted by molar-refractivity contribution is 0.0533. The Hall–Kier alpha value is -4.06. The molecule has 1 aliphatic heterocycles. The third kappa shape index (κ3) is 3.83. The minimum Gasteiger partial charge on any atom is -0.335 e. The van der Waals surface area contributed by atoms with Gasteiger partial charge in [-0.05, 0) is 24.3 Å². The van der Waals surface area contributed by atoms with Crippen molar-refractivity contribution in [1.29, 1.82) is 0 Å². The van der Waals surface area contributed by atoms with E-state index in [0.29, 0.717) is 37.4 Å². The fourth-order valence-corrected chi connectivity index (χ4v) is 4.04. The van der Waals surface area contributed by atoms with Crippen LogP contribution < -0.4 is 0 Å². The molecule has 0 aliphatic carbocycles. The summed E-state index contributed by atoms with van der Waals surface area (Å²) in [5.41, 5.74) is 3.61. The number of benzene rings is 2. The van der Waals surface area contributed by atoms with Crippen LogP contribution in [0.5, 0.6) is 0 Å². The van der Waals surface area contributed by atoms with E-state index in [2.05, 4.69) is 4.98 Å². The summed E-state index contributed by atoms with van der Waals surface area (Å²) in [7, 11) is 0. The number of fused-ring (bicyclic) bond motifs is 1. The van der Waals surface area contributed by atoms with E-state index in [9.17, 15) is 9.59 Å². The summed E-state index contributed by atoms with van der Waals surface area (Å²) in [5.74, 6) is -0.135. The Balaban J connectivity index is 1.40. The van der Waals surface area contributed by atoms with Crippen LogP contribution >= 0.6 is 0 Å². The molecule has 0 unspecified atom stereocenters. The van der Waals surface area contributed by atoms with Crippen molar-refractivity contribution in [2.24, 2.45) is 0 Å². The minimum absolute atomic E-state index is 0.0364. The Bertz CT molecular complexity index is 1270. The van der Waals surface area contributed by atoms with E-state index in [1.165, 1.54) is 0 Å². The Morgan fingerprint density at radius 3 is 2.09 bits per heavy atom. The largest absolute Gasteiger partial charge is 0.335 e. The number of para-hydroxylation sites is 1. The van der Waals surface area contributed by atoms with Crippen LogP contribution in [0.15, 0.2) is 85.1 Å². The molecule has 32 heavy (non-hydrogen) atoms. The minimum atomic E-state index is -0.0987. The number of pyridine rings is 2. The lowest BCUT2D eigenvalue weighted by Gasteiger charge is -2.34. The van der Waals surface area contributed by atoms with Crippen molar-refractivity contribution in [1.82, 2.24) is 19.8 Å². The van der Waals surface area contributed by atoms with Crippen molar-refractivity contribution in [2.75, 3.05) is 26.2 Å². The van der Waals surface area contributed by atoms with Crippen LogP contribution in [-0.4, -0.2) is 57.8 Å². The zero-order valence-electron chi connectivity index (χ0n) is 17.5. The van der Waals surface area contributed by atoms with Crippen LogP contribution in [0.1, 0.15) is 20.8 Å². The third-order valence-electron chi connectivity index (χ3n) is 5.75. The van der Waals surface area contributed by atoms with Gasteiger partial charge in [-0.15, -0.1) is 0 Å². The van der Waals surface area contributed by atoms with E-state index in [1.807, 2.05) is 65.6 Å². The zero-order chi connectivity index (χ0) is 21.9. The van der Waals surface area contributed by atoms with Gasteiger partial charge in [0.05, 0.1) is 16.8 Å². The summed E-state index contributed by atoms with van der Waals surface area (Å²) in [6.45, 7) is 1.93. The number of aromatic nitrogens is 2. The Labute approximate surface area is 186 Å². The molecule has 1 fully saturated rings. The van der Waals surface area contributed by atoms with E-state index < -0.39 is 0 Å². The van der Waals surface area contributed by atoms with Crippen molar-refractivity contribution < 1.29 is 9.59 Å². The highest BCUT2D eigenvalue weighted by Gasteiger charge is 2.27. The second kappa shape index (κ2) is 8.59. The first-order chi connectivity index (χ1) is 15.7. The van der Waals surface area contributed by atoms with Gasteiger partial charge in [0.1, 0.15) is 5.69 Å². The molecule has 1 aliphatic rings. The average molecular weight is 422 g/mol. The summed E-state index contributed by atoms with van der Waals surface area (Å²) in [6, 6.07) is 24.8. The number of carbonyl (C=O) groups excluding carboxylic acids is 2. The predicted octanol–water partition coefficient (Wildman–Crippen LogP) is 3.90. The quantitative estimate of drug-likeness (QED) is 0.502. The molecule has 2 amide bonds. The van der Waals surface area contributed by atoms with E-state index >= 15 is 0 Å². The number of amides is 2. The molecule has 6 heteroatoms. The molecule has 3 heterocycles. The fraction of sp³-hybridized carbons (Fsp3) is 0.154. The Morgan fingerprint density at radius 2 is 1.38 bits per heavy atom. The number of carbonyl (C=O) groups is 2. The summed E-state index contributed by atoms with van der Waals surface area (Å²) in [4.78, 5) is 38.7. The molecule has 5 rings (SSSR count). The lowest BCUT2D eigenvalue weighted by atomic mass is 10.0. The number of piperazine rings is 1. The molecule has 2 aromatic heterocycles. The lowest BCUT2D eigenvalue weighted by Crippen LogP contribution is -2.50. The van der Waals surface area contributed by atoms with Gasteiger partial charge in [-0.1, -0.05) is 54.6 Å². The first-order valence-electron chi connectivity index (χ1n) is 10.7. The number of rotatable bonds is 3. The maximum Gasteiger partial charge on any atom is 0.272 e. The van der Waals surface area contributed by atoms with E-state index in [1.54, 1.807) is 29.3 Å². The highest BCUT2D eigenvalue weighted by Crippen LogP contribution is 2.26. The average Bonchev–Trinajstić information content (AvgIpc) is 2.88. The highest BCUT2D eigenvalue weighted by molar-refractivity contribution is 6.07. The molecular weight excluding hydrogens is 400 g/mol. The Morgan fingerprint density at radius 1 is 0.719 bits per heavy atom. The molecule has 158 valence electrons. The van der Waals surface area contributed by atoms with Crippen LogP contribution in [0.2, 0.25) is 0 Å². The Kier molecular flexibility index (Phi) is 5.34. The van der Waals surface area contributed by atoms with Crippen molar-refractivity contribution >= 4 is 22.7 Å². The summed E-state index contributed by atoms with van der Waals surface area (Å²) in [6.07, 6.45) is 1.62. The maximum atomic E-state index is 13.5. The molecule has 0 N–H and O–H groups in total. The van der Waals surface area contributed by atoms with Gasteiger partial charge < -0.3 is 9.80 Å². The molecule has 0 atom stereocenters. The molecular formula is C26H22N4O2. The standard InChI is InChI=1S/C26H22N4O2/c31-25(29-14-16-30(17-15-29)26(32)23-12-6-7-13-27-23)21-18-24(19-8-2-1-3-9-19)28-22-11-5-4-10-20(21)22/h1-13,18H,14-17H2. The van der Waals surface area contributed by atoms with E-state index in [4.69, 9.17) is 4.98 Å². The van der Waals surface area contributed by atoms with Gasteiger partial charge in [0.25, 0.3) is 11.8 Å². The van der Waals surface area contributed by atoms with Gasteiger partial charge in [0, 0.05) is 43.3 Å². The monoisotopic (exact) mass is 422 g/mol. The summed E-state index contributed by atoms with van der Waals surface area (Å²) in [5, 5.41) is 0.837. The van der Waals surface area contributed by atoms with Crippen molar-refractivity contribution in [3.05, 3.63) is 96.3 Å². The van der Waals surface area contributed by atoms with Crippen LogP contribution in [-0.2, 0) is 0 Å². The molecule has 0 spiro atoms. The molecule has 0 bridgehead atoms. The normalized spacial score (nSPS) is 13.9. The highest BCUT2D eigenvalue weighted by atomic mass is 16.2. The SMILES string of the molecule is O=C(c1ccccn1)N1CCN(C(=O)c2cc(-c3ccccc3)nc3ccccc23)CC1. The van der Waals surface area contributed by atoms with Gasteiger partial charge in [-0.25, -0.2) is 4.98 Å². The van der Waals surface area contributed by atoms with Gasteiger partial charge >= 0.3 is 0 Å². The second-order valence-corrected chi connectivity index (χ2v) is 7.74. The smallest absolute Gasteiger partial charge is 0.272 e. The summed E-state index contributed by atoms with van der Waals surface area (Å²) >= 11 is 0. The third-order valence-corrected chi connectivity index (χ3v) is 5.75. The zero-order valence-corrected chi connectivity index (χ0v) is 17.5. The van der Waals surface area contributed by atoms with Crippen molar-refractivity contribution in [3.63, 3.8) is 0 Å². The first-order valence-corrected chi connectivity index (χ1v) is 10.7. The van der Waals surface area contributed by atoms with Gasteiger partial charge in [0.2, 0.25) is 0 Å². The molecule has 1 saturated heterocycles. The number of hydrogen-bond acceptors (Lipinski definition) is 4. The molecule has 4 aromatic rings. The van der Waals surface area contributed by atoms with Crippen LogP contribution in [0.3, 0.4) is 0 Å². The molecule has 6 nitrogen and oxygen atoms in total. The van der Waals surface area contributed by atoms with Crippen LogP contribution in [0.25, 0.3) is 22.2 Å². The van der Waals surface area contributed by atoms with Gasteiger partial charge in [0.15, 0.2) is 0 Å². The molecule has 0 radical (unpaired) electrons. The van der Waals surface area contributed by atoms with Gasteiger partial charge in [-0.3, -0.25) is 14.6 Å². The fourth-order valence-electron chi connectivity index (χ4n) is 4.04. The molecule has 0 saturated carbocycles. The molecule has 2 aromatic carbocycles. The first kappa shape index (κ1) is 19.9. The number of hydrogen-bond donors (Lipinski definition) is 0. The van der Waals surface area contributed by atoms with E-state index in [-0.39, 0.29) is 11.8 Å². The van der Waals surface area contributed by atoms with Crippen molar-refractivity contribution in [2.45, 2.75) is 0 Å². The van der Waals surface area contributed by atoms with Gasteiger partial charge in [-0.2, -0.15) is 0 Å². The maximum absolute atomic E-state index is 13.5. The topological polar surface area (TPSA) is 66.4 Å². The van der Waals surface area contributed by atoms with Crippen LogP contribution in [0, 0.1) is 0 Å². The van der Waals surface area contributed by atoms with E-state index in [0.717, 1.165) is 22.2 Å². The predicted molar refractivity (Wildman–Crippen MR) is 123 cm³/mol. The summed E-state index contributed by atoms with van der Waals surface area (Å²) < 4.78 is 0.